The second kappa shape index (κ2) is 5.65. The maximum Gasteiger partial charge on any atom is 0.236 e. The maximum absolute atomic E-state index is 12.0. The Morgan fingerprint density at radius 1 is 1.28 bits per heavy atom. The summed E-state index contributed by atoms with van der Waals surface area (Å²) < 4.78 is 25.4. The molecule has 1 aromatic rings. The zero-order chi connectivity index (χ0) is 13.0. The molecule has 2 rings (SSSR count). The van der Waals surface area contributed by atoms with Crippen LogP contribution in [0.4, 0.5) is 0 Å². The van der Waals surface area contributed by atoms with E-state index in [4.69, 9.17) is 0 Å². The molecule has 0 unspecified atom stereocenters. The van der Waals surface area contributed by atoms with Crippen molar-refractivity contribution in [2.24, 2.45) is 0 Å². The third-order valence-electron chi connectivity index (χ3n) is 2.95. The lowest BCUT2D eigenvalue weighted by Crippen LogP contribution is -2.41. The highest BCUT2D eigenvalue weighted by molar-refractivity contribution is 7.92. The van der Waals surface area contributed by atoms with E-state index in [2.05, 4.69) is 0 Å². The topological polar surface area (TPSA) is 57.6 Å². The van der Waals surface area contributed by atoms with Crippen LogP contribution in [-0.2, 0) is 10.0 Å². The summed E-state index contributed by atoms with van der Waals surface area (Å²) in [5.74, 6) is 0. The number of benzene rings is 1. The molecule has 1 aliphatic heterocycles. The fraction of sp³-hybridized carbons (Fsp3) is 0.385. The van der Waals surface area contributed by atoms with E-state index >= 15 is 0 Å². The van der Waals surface area contributed by atoms with Crippen molar-refractivity contribution in [1.82, 2.24) is 4.31 Å². The van der Waals surface area contributed by atoms with Crippen molar-refractivity contribution in [3.63, 3.8) is 0 Å². The molecule has 0 spiro atoms. The van der Waals surface area contributed by atoms with Gasteiger partial charge < -0.3 is 5.11 Å². The van der Waals surface area contributed by atoms with E-state index in [1.807, 2.05) is 30.3 Å². The second-order valence-corrected chi connectivity index (χ2v) is 6.23. The van der Waals surface area contributed by atoms with E-state index < -0.39 is 16.1 Å². The SMILES string of the molecule is O=S(=O)(/C=C/c1ccccc1)N1CCC[C@H](O)C1. The summed E-state index contributed by atoms with van der Waals surface area (Å²) in [6.45, 7) is 0.681. The van der Waals surface area contributed by atoms with Crippen LogP contribution in [0.3, 0.4) is 0 Å². The zero-order valence-electron chi connectivity index (χ0n) is 10.1. The molecule has 1 fully saturated rings. The van der Waals surface area contributed by atoms with Crippen molar-refractivity contribution in [3.8, 4) is 0 Å². The van der Waals surface area contributed by atoms with E-state index in [-0.39, 0.29) is 6.54 Å². The van der Waals surface area contributed by atoms with Crippen molar-refractivity contribution in [2.45, 2.75) is 18.9 Å². The quantitative estimate of drug-likeness (QED) is 0.901. The molecule has 1 heterocycles. The maximum atomic E-state index is 12.0. The van der Waals surface area contributed by atoms with Gasteiger partial charge in [0.2, 0.25) is 10.0 Å². The highest BCUT2D eigenvalue weighted by Gasteiger charge is 2.25. The third-order valence-corrected chi connectivity index (χ3v) is 4.48. The molecule has 1 aliphatic rings. The van der Waals surface area contributed by atoms with Crippen LogP contribution in [0.2, 0.25) is 0 Å². The van der Waals surface area contributed by atoms with Crippen LogP contribution < -0.4 is 0 Å². The van der Waals surface area contributed by atoms with Crippen LogP contribution in [0, 0.1) is 0 Å². The highest BCUT2D eigenvalue weighted by Crippen LogP contribution is 2.15. The Kier molecular flexibility index (Phi) is 4.16. The summed E-state index contributed by atoms with van der Waals surface area (Å²) in [5, 5.41) is 10.7. The molecule has 98 valence electrons. The molecular formula is C13H17NO3S. The average molecular weight is 267 g/mol. The smallest absolute Gasteiger partial charge is 0.236 e. The summed E-state index contributed by atoms with van der Waals surface area (Å²) in [5.41, 5.74) is 0.846. The first-order valence-corrected chi connectivity index (χ1v) is 7.49. The predicted molar refractivity (Wildman–Crippen MR) is 71.2 cm³/mol. The Balaban J connectivity index is 2.09. The van der Waals surface area contributed by atoms with E-state index in [1.54, 1.807) is 6.08 Å². The van der Waals surface area contributed by atoms with E-state index in [1.165, 1.54) is 9.71 Å². The van der Waals surface area contributed by atoms with Crippen LogP contribution in [0.25, 0.3) is 6.08 Å². The molecule has 0 aromatic heterocycles. The van der Waals surface area contributed by atoms with E-state index in [0.29, 0.717) is 19.4 Å². The number of aliphatic hydroxyl groups excluding tert-OH is 1. The molecule has 1 atom stereocenters. The summed E-state index contributed by atoms with van der Waals surface area (Å²) in [7, 11) is -3.42. The fourth-order valence-electron chi connectivity index (χ4n) is 1.97. The third kappa shape index (κ3) is 3.41. The predicted octanol–water partition coefficient (Wildman–Crippen LogP) is 1.44. The van der Waals surface area contributed by atoms with Gasteiger partial charge >= 0.3 is 0 Å². The molecule has 1 saturated heterocycles. The highest BCUT2D eigenvalue weighted by atomic mass is 32.2. The van der Waals surface area contributed by atoms with Gasteiger partial charge in [-0.05, 0) is 24.5 Å². The zero-order valence-corrected chi connectivity index (χ0v) is 10.9. The van der Waals surface area contributed by atoms with Gasteiger partial charge in [0.1, 0.15) is 0 Å². The number of rotatable bonds is 3. The van der Waals surface area contributed by atoms with Crippen molar-refractivity contribution < 1.29 is 13.5 Å². The van der Waals surface area contributed by atoms with Gasteiger partial charge in [-0.3, -0.25) is 0 Å². The second-order valence-electron chi connectivity index (χ2n) is 4.41. The van der Waals surface area contributed by atoms with Crippen molar-refractivity contribution >= 4 is 16.1 Å². The summed E-state index contributed by atoms with van der Waals surface area (Å²) >= 11 is 0. The number of hydrogen-bond donors (Lipinski definition) is 1. The lowest BCUT2D eigenvalue weighted by Gasteiger charge is -2.27. The normalized spacial score (nSPS) is 22.4. The number of piperidine rings is 1. The first kappa shape index (κ1) is 13.3. The first-order valence-electron chi connectivity index (χ1n) is 5.99. The van der Waals surface area contributed by atoms with Gasteiger partial charge in [0.15, 0.2) is 0 Å². The standard InChI is InChI=1S/C13H17NO3S/c15-13-7-4-9-14(11-13)18(16,17)10-8-12-5-2-1-3-6-12/h1-3,5-6,8,10,13,15H,4,7,9,11H2/b10-8+/t13-/m0/s1. The minimum atomic E-state index is -3.42. The molecular weight excluding hydrogens is 250 g/mol. The lowest BCUT2D eigenvalue weighted by atomic mass is 10.1. The molecule has 0 bridgehead atoms. The number of sulfonamides is 1. The van der Waals surface area contributed by atoms with E-state index in [0.717, 1.165) is 5.56 Å². The number of aliphatic hydroxyl groups is 1. The van der Waals surface area contributed by atoms with Crippen LogP contribution in [0.5, 0.6) is 0 Å². The number of hydrogen-bond acceptors (Lipinski definition) is 3. The lowest BCUT2D eigenvalue weighted by molar-refractivity contribution is 0.108. The summed E-state index contributed by atoms with van der Waals surface area (Å²) in [6, 6.07) is 9.29. The van der Waals surface area contributed by atoms with Crippen LogP contribution in [0.1, 0.15) is 18.4 Å². The van der Waals surface area contributed by atoms with Crippen molar-refractivity contribution in [2.75, 3.05) is 13.1 Å². The Morgan fingerprint density at radius 3 is 2.67 bits per heavy atom. The van der Waals surface area contributed by atoms with Gasteiger partial charge in [-0.2, -0.15) is 4.31 Å². The molecule has 0 aliphatic carbocycles. The Labute approximate surface area is 108 Å². The molecule has 5 heteroatoms. The monoisotopic (exact) mass is 267 g/mol. The van der Waals surface area contributed by atoms with Gasteiger partial charge in [-0.25, -0.2) is 8.42 Å². The Bertz CT molecular complexity index is 510. The first-order chi connectivity index (χ1) is 8.58. The number of nitrogens with zero attached hydrogens (tertiary/aromatic N) is 1. The van der Waals surface area contributed by atoms with Gasteiger partial charge in [-0.1, -0.05) is 30.3 Å². The molecule has 4 nitrogen and oxygen atoms in total. The molecule has 1 aromatic carbocycles. The number of β-amino-alcohol motifs (C(OH)–C–C–N with tert-alkyl or cyclic N) is 1. The molecule has 18 heavy (non-hydrogen) atoms. The average Bonchev–Trinajstić information content (AvgIpc) is 2.38. The molecule has 0 saturated carbocycles. The van der Waals surface area contributed by atoms with Crippen LogP contribution in [0.15, 0.2) is 35.7 Å². The van der Waals surface area contributed by atoms with E-state index in [9.17, 15) is 13.5 Å². The Hall–Kier alpha value is -1.17. The van der Waals surface area contributed by atoms with Gasteiger partial charge in [0.25, 0.3) is 0 Å². The minimum Gasteiger partial charge on any atom is -0.392 e. The minimum absolute atomic E-state index is 0.196. The van der Waals surface area contributed by atoms with Gasteiger partial charge in [0.05, 0.1) is 6.10 Å². The summed E-state index contributed by atoms with van der Waals surface area (Å²) in [4.78, 5) is 0. The molecule has 1 N–H and O–H groups in total. The van der Waals surface area contributed by atoms with Crippen molar-refractivity contribution in [1.29, 1.82) is 0 Å². The van der Waals surface area contributed by atoms with Gasteiger partial charge in [0, 0.05) is 18.5 Å². The molecule has 0 amide bonds. The summed E-state index contributed by atoms with van der Waals surface area (Å²) in [6.07, 6.45) is 2.42. The van der Waals surface area contributed by atoms with Crippen LogP contribution in [-0.4, -0.2) is 37.0 Å². The largest absolute Gasteiger partial charge is 0.392 e. The Morgan fingerprint density at radius 2 is 2.00 bits per heavy atom. The fourth-order valence-corrected chi connectivity index (χ4v) is 3.23. The molecule has 0 radical (unpaired) electrons. The van der Waals surface area contributed by atoms with Crippen molar-refractivity contribution in [3.05, 3.63) is 41.3 Å². The van der Waals surface area contributed by atoms with Gasteiger partial charge in [-0.15, -0.1) is 0 Å². The van der Waals surface area contributed by atoms with Crippen LogP contribution >= 0.6 is 0 Å².